The van der Waals surface area contributed by atoms with E-state index in [0.29, 0.717) is 22.5 Å². The van der Waals surface area contributed by atoms with Gasteiger partial charge in [0, 0.05) is 16.9 Å². The first-order valence-corrected chi connectivity index (χ1v) is 8.33. The van der Waals surface area contributed by atoms with Crippen molar-refractivity contribution in [2.75, 3.05) is 10.2 Å². The number of hydrogen-bond acceptors (Lipinski definition) is 4. The van der Waals surface area contributed by atoms with E-state index in [-0.39, 0.29) is 17.4 Å². The molecule has 5 heteroatoms. The smallest absolute Gasteiger partial charge is 0.262 e. The zero-order valence-electron chi connectivity index (χ0n) is 14.2. The van der Waals surface area contributed by atoms with E-state index >= 15 is 0 Å². The SMILES string of the molecule is Cc1ccc(N2C(=O)c3ccccc3N[C@@H]2c2cccc(O)c2O)cc1. The third-order valence-corrected chi connectivity index (χ3v) is 4.58. The number of fused-ring (bicyclic) bond motifs is 1. The van der Waals surface area contributed by atoms with Crippen molar-refractivity contribution < 1.29 is 15.0 Å². The number of rotatable bonds is 2. The van der Waals surface area contributed by atoms with Crippen LogP contribution in [0.25, 0.3) is 0 Å². The second kappa shape index (κ2) is 6.11. The lowest BCUT2D eigenvalue weighted by molar-refractivity contribution is 0.0974. The molecule has 130 valence electrons. The summed E-state index contributed by atoms with van der Waals surface area (Å²) >= 11 is 0. The third kappa shape index (κ3) is 2.54. The predicted octanol–water partition coefficient (Wildman–Crippen LogP) is 4.18. The molecule has 0 unspecified atom stereocenters. The van der Waals surface area contributed by atoms with E-state index < -0.39 is 6.17 Å². The molecule has 0 fully saturated rings. The van der Waals surface area contributed by atoms with Gasteiger partial charge in [-0.05, 0) is 37.3 Å². The number of para-hydroxylation sites is 2. The van der Waals surface area contributed by atoms with Gasteiger partial charge in [-0.15, -0.1) is 0 Å². The van der Waals surface area contributed by atoms with E-state index in [4.69, 9.17) is 0 Å². The number of phenols is 2. The molecule has 0 saturated carbocycles. The summed E-state index contributed by atoms with van der Waals surface area (Å²) in [4.78, 5) is 14.8. The summed E-state index contributed by atoms with van der Waals surface area (Å²) in [6.07, 6.45) is -0.646. The highest BCUT2D eigenvalue weighted by Gasteiger charge is 2.35. The molecule has 0 aromatic heterocycles. The van der Waals surface area contributed by atoms with Gasteiger partial charge < -0.3 is 15.5 Å². The molecule has 3 N–H and O–H groups in total. The fraction of sp³-hybridized carbons (Fsp3) is 0.0952. The summed E-state index contributed by atoms with van der Waals surface area (Å²) in [6, 6.07) is 19.6. The summed E-state index contributed by atoms with van der Waals surface area (Å²) in [5.74, 6) is -0.635. The van der Waals surface area contributed by atoms with Crippen molar-refractivity contribution in [3.05, 3.63) is 83.4 Å². The van der Waals surface area contributed by atoms with Crippen molar-refractivity contribution in [1.82, 2.24) is 0 Å². The summed E-state index contributed by atoms with van der Waals surface area (Å²) in [5, 5.41) is 23.6. The molecule has 1 aliphatic rings. The van der Waals surface area contributed by atoms with Crippen molar-refractivity contribution in [2.45, 2.75) is 13.1 Å². The quantitative estimate of drug-likeness (QED) is 0.609. The second-order valence-electron chi connectivity index (χ2n) is 6.32. The van der Waals surface area contributed by atoms with Gasteiger partial charge in [-0.1, -0.05) is 42.0 Å². The molecule has 1 atom stereocenters. The van der Waals surface area contributed by atoms with Crippen molar-refractivity contribution in [1.29, 1.82) is 0 Å². The van der Waals surface area contributed by atoms with Gasteiger partial charge in [0.15, 0.2) is 11.5 Å². The van der Waals surface area contributed by atoms with Crippen LogP contribution in [-0.2, 0) is 0 Å². The Balaban J connectivity index is 1.90. The van der Waals surface area contributed by atoms with Crippen molar-refractivity contribution in [2.24, 2.45) is 0 Å². The van der Waals surface area contributed by atoms with E-state index in [1.165, 1.54) is 6.07 Å². The van der Waals surface area contributed by atoms with Crippen molar-refractivity contribution in [3.63, 3.8) is 0 Å². The molecule has 26 heavy (non-hydrogen) atoms. The van der Waals surface area contributed by atoms with Crippen molar-refractivity contribution >= 4 is 17.3 Å². The first kappa shape index (κ1) is 16.0. The minimum atomic E-state index is -0.646. The van der Waals surface area contributed by atoms with Crippen LogP contribution in [0.15, 0.2) is 66.7 Å². The van der Waals surface area contributed by atoms with Gasteiger partial charge in [0.05, 0.1) is 5.56 Å². The number of nitrogens with one attached hydrogen (secondary N) is 1. The van der Waals surface area contributed by atoms with Crippen LogP contribution in [0.2, 0.25) is 0 Å². The molecule has 3 aromatic carbocycles. The number of amides is 1. The van der Waals surface area contributed by atoms with Gasteiger partial charge >= 0.3 is 0 Å². The molecule has 0 spiro atoms. The average Bonchev–Trinajstić information content (AvgIpc) is 2.65. The Hall–Kier alpha value is -3.47. The number of aryl methyl sites for hydroxylation is 1. The summed E-state index contributed by atoms with van der Waals surface area (Å²) in [7, 11) is 0. The number of carbonyl (C=O) groups excluding carboxylic acids is 1. The summed E-state index contributed by atoms with van der Waals surface area (Å²) in [5.41, 5.74) is 3.46. The Morgan fingerprint density at radius 3 is 2.42 bits per heavy atom. The topological polar surface area (TPSA) is 72.8 Å². The molecule has 1 aliphatic heterocycles. The standard InChI is InChI=1S/C21H18N2O3/c1-13-9-11-14(12-10-13)23-20(16-6-4-8-18(24)19(16)25)22-17-7-3-2-5-15(17)21(23)26/h2-12,20,22,24-25H,1H3/t20-/m0/s1. The fourth-order valence-corrected chi connectivity index (χ4v) is 3.21. The Kier molecular flexibility index (Phi) is 3.77. The van der Waals surface area contributed by atoms with Crippen LogP contribution in [0.3, 0.4) is 0 Å². The van der Waals surface area contributed by atoms with Gasteiger partial charge in [0.2, 0.25) is 0 Å². The highest BCUT2D eigenvalue weighted by Crippen LogP contribution is 2.41. The highest BCUT2D eigenvalue weighted by atomic mass is 16.3. The molecule has 0 bridgehead atoms. The number of carbonyl (C=O) groups is 1. The Bertz CT molecular complexity index is 983. The molecule has 1 amide bonds. The van der Waals surface area contributed by atoms with Gasteiger partial charge in [0.1, 0.15) is 6.17 Å². The molecule has 0 radical (unpaired) electrons. The second-order valence-corrected chi connectivity index (χ2v) is 6.32. The van der Waals surface area contributed by atoms with Crippen molar-refractivity contribution in [3.8, 4) is 11.5 Å². The number of anilines is 2. The number of benzene rings is 3. The Labute approximate surface area is 151 Å². The molecular formula is C21H18N2O3. The monoisotopic (exact) mass is 346 g/mol. The van der Waals surface area contributed by atoms with Crippen LogP contribution in [0.1, 0.15) is 27.7 Å². The van der Waals surface area contributed by atoms with Crippen LogP contribution in [0, 0.1) is 6.92 Å². The molecular weight excluding hydrogens is 328 g/mol. The zero-order valence-corrected chi connectivity index (χ0v) is 14.2. The first-order chi connectivity index (χ1) is 12.6. The van der Waals surface area contributed by atoms with E-state index in [0.717, 1.165) is 5.56 Å². The number of nitrogens with zero attached hydrogens (tertiary/aromatic N) is 1. The normalized spacial score (nSPS) is 16.1. The minimum Gasteiger partial charge on any atom is -0.504 e. The lowest BCUT2D eigenvalue weighted by Gasteiger charge is -2.38. The van der Waals surface area contributed by atoms with Gasteiger partial charge in [0.25, 0.3) is 5.91 Å². The molecule has 1 heterocycles. The first-order valence-electron chi connectivity index (χ1n) is 8.33. The predicted molar refractivity (Wildman–Crippen MR) is 101 cm³/mol. The largest absolute Gasteiger partial charge is 0.504 e. The zero-order chi connectivity index (χ0) is 18.3. The molecule has 0 aliphatic carbocycles. The lowest BCUT2D eigenvalue weighted by atomic mass is 10.0. The maximum atomic E-state index is 13.2. The third-order valence-electron chi connectivity index (χ3n) is 4.58. The molecule has 3 aromatic rings. The molecule has 5 nitrogen and oxygen atoms in total. The van der Waals surface area contributed by atoms with Gasteiger partial charge in [-0.25, -0.2) is 0 Å². The average molecular weight is 346 g/mol. The maximum absolute atomic E-state index is 13.2. The van der Waals surface area contributed by atoms with E-state index in [1.807, 2.05) is 49.4 Å². The van der Waals surface area contributed by atoms with Crippen LogP contribution < -0.4 is 10.2 Å². The number of aromatic hydroxyl groups is 2. The summed E-state index contributed by atoms with van der Waals surface area (Å²) in [6.45, 7) is 1.98. The van der Waals surface area contributed by atoms with Gasteiger partial charge in [-0.2, -0.15) is 0 Å². The summed E-state index contributed by atoms with van der Waals surface area (Å²) < 4.78 is 0. The van der Waals surface area contributed by atoms with E-state index in [2.05, 4.69) is 5.32 Å². The number of hydrogen-bond donors (Lipinski definition) is 3. The molecule has 0 saturated heterocycles. The van der Waals surface area contributed by atoms with Crippen LogP contribution in [0.4, 0.5) is 11.4 Å². The Morgan fingerprint density at radius 2 is 1.65 bits per heavy atom. The van der Waals surface area contributed by atoms with Crippen LogP contribution in [-0.4, -0.2) is 16.1 Å². The fourth-order valence-electron chi connectivity index (χ4n) is 3.21. The lowest BCUT2D eigenvalue weighted by Crippen LogP contribution is -2.43. The maximum Gasteiger partial charge on any atom is 0.262 e. The van der Waals surface area contributed by atoms with Gasteiger partial charge in [-0.3, -0.25) is 9.69 Å². The van der Waals surface area contributed by atoms with E-state index in [9.17, 15) is 15.0 Å². The highest BCUT2D eigenvalue weighted by molar-refractivity contribution is 6.12. The minimum absolute atomic E-state index is 0.170. The van der Waals surface area contributed by atoms with Crippen LogP contribution in [0.5, 0.6) is 11.5 Å². The Morgan fingerprint density at radius 1 is 0.923 bits per heavy atom. The number of phenolic OH excluding ortho intramolecular Hbond substituents is 2. The molecule has 4 rings (SSSR count). The van der Waals surface area contributed by atoms with E-state index in [1.54, 1.807) is 23.1 Å². The van der Waals surface area contributed by atoms with Crippen LogP contribution >= 0.6 is 0 Å².